The van der Waals surface area contributed by atoms with Gasteiger partial charge in [0.25, 0.3) is 0 Å². The van der Waals surface area contributed by atoms with Crippen molar-refractivity contribution in [3.8, 4) is 0 Å². The number of sulfonamides is 1. The molecule has 0 aromatic heterocycles. The van der Waals surface area contributed by atoms with Gasteiger partial charge in [0, 0.05) is 25.9 Å². The molecular formula is C12H16N2O3S. The van der Waals surface area contributed by atoms with E-state index in [4.69, 9.17) is 5.21 Å². The molecule has 1 heterocycles. The third kappa shape index (κ3) is 2.54. The number of hydrogen-bond donors (Lipinski definition) is 1. The lowest BCUT2D eigenvalue weighted by atomic mass is 10.1. The van der Waals surface area contributed by atoms with Crippen LogP contribution in [0.4, 0.5) is 0 Å². The summed E-state index contributed by atoms with van der Waals surface area (Å²) < 4.78 is 26.2. The molecule has 0 bridgehead atoms. The van der Waals surface area contributed by atoms with Crippen molar-refractivity contribution in [3.63, 3.8) is 0 Å². The molecule has 98 valence electrons. The highest BCUT2D eigenvalue weighted by Gasteiger charge is 2.27. The molecule has 0 radical (unpaired) electrons. The van der Waals surface area contributed by atoms with E-state index in [-0.39, 0.29) is 0 Å². The Morgan fingerprint density at radius 1 is 1.28 bits per heavy atom. The maximum atomic E-state index is 12.4. The number of aryl methyl sites for hydroxylation is 1. The van der Waals surface area contributed by atoms with E-state index in [1.54, 1.807) is 18.2 Å². The fourth-order valence-corrected chi connectivity index (χ4v) is 3.56. The van der Waals surface area contributed by atoms with Crippen LogP contribution in [0, 0.1) is 6.92 Å². The smallest absolute Gasteiger partial charge is 0.243 e. The van der Waals surface area contributed by atoms with Crippen molar-refractivity contribution in [2.45, 2.75) is 24.7 Å². The van der Waals surface area contributed by atoms with Crippen molar-refractivity contribution in [2.24, 2.45) is 5.16 Å². The lowest BCUT2D eigenvalue weighted by Gasteiger charge is -2.26. The van der Waals surface area contributed by atoms with Gasteiger partial charge in [-0.3, -0.25) is 0 Å². The summed E-state index contributed by atoms with van der Waals surface area (Å²) in [5, 5.41) is 11.8. The number of hydrogen-bond acceptors (Lipinski definition) is 4. The molecule has 18 heavy (non-hydrogen) atoms. The first kappa shape index (κ1) is 13.0. The van der Waals surface area contributed by atoms with Crippen molar-refractivity contribution in [2.75, 3.05) is 13.1 Å². The van der Waals surface area contributed by atoms with E-state index in [9.17, 15) is 8.42 Å². The van der Waals surface area contributed by atoms with Crippen LogP contribution in [0.3, 0.4) is 0 Å². The second-order valence-corrected chi connectivity index (χ2v) is 6.32. The lowest BCUT2D eigenvalue weighted by molar-refractivity contribution is 0.310. The van der Waals surface area contributed by atoms with Crippen LogP contribution in [-0.2, 0) is 10.0 Å². The van der Waals surface area contributed by atoms with Crippen molar-refractivity contribution in [1.82, 2.24) is 4.31 Å². The van der Waals surface area contributed by atoms with Crippen LogP contribution in [0.1, 0.15) is 18.4 Å². The van der Waals surface area contributed by atoms with Gasteiger partial charge in [-0.15, -0.1) is 0 Å². The van der Waals surface area contributed by atoms with Gasteiger partial charge in [-0.1, -0.05) is 17.3 Å². The van der Waals surface area contributed by atoms with E-state index >= 15 is 0 Å². The third-order valence-electron chi connectivity index (χ3n) is 3.07. The van der Waals surface area contributed by atoms with Crippen molar-refractivity contribution >= 4 is 15.7 Å². The second kappa shape index (κ2) is 5.07. The molecule has 1 aromatic rings. The average Bonchev–Trinajstić information content (AvgIpc) is 2.39. The minimum absolute atomic E-state index is 0.326. The predicted molar refractivity (Wildman–Crippen MR) is 68.4 cm³/mol. The Kier molecular flexibility index (Phi) is 3.68. The predicted octanol–water partition coefficient (Wildman–Crippen LogP) is 1.61. The Bertz CT molecular complexity index is 556. The summed E-state index contributed by atoms with van der Waals surface area (Å²) in [7, 11) is -3.42. The fourth-order valence-electron chi connectivity index (χ4n) is 2.01. The summed E-state index contributed by atoms with van der Waals surface area (Å²) in [5.74, 6) is 0. The maximum Gasteiger partial charge on any atom is 0.243 e. The fraction of sp³-hybridized carbons (Fsp3) is 0.417. The van der Waals surface area contributed by atoms with Crippen LogP contribution < -0.4 is 0 Å². The minimum Gasteiger partial charge on any atom is -0.411 e. The molecule has 0 unspecified atom stereocenters. The van der Waals surface area contributed by atoms with E-state index in [1.165, 1.54) is 4.31 Å². The zero-order valence-electron chi connectivity index (χ0n) is 10.2. The first-order valence-electron chi connectivity index (χ1n) is 5.80. The van der Waals surface area contributed by atoms with Crippen molar-refractivity contribution < 1.29 is 13.6 Å². The molecule has 1 aliphatic rings. The zero-order valence-corrected chi connectivity index (χ0v) is 11.0. The Labute approximate surface area is 107 Å². The molecule has 0 amide bonds. The van der Waals surface area contributed by atoms with Gasteiger partial charge < -0.3 is 5.21 Å². The number of piperidine rings is 1. The van der Waals surface area contributed by atoms with Gasteiger partial charge in [0.1, 0.15) is 0 Å². The third-order valence-corrected chi connectivity index (χ3v) is 4.96. The molecule has 1 N–H and O–H groups in total. The summed E-state index contributed by atoms with van der Waals surface area (Å²) in [4.78, 5) is 0.326. The highest BCUT2D eigenvalue weighted by molar-refractivity contribution is 7.89. The van der Waals surface area contributed by atoms with Crippen molar-refractivity contribution in [3.05, 3.63) is 29.8 Å². The number of rotatable bonds is 2. The Balaban J connectivity index is 2.22. The molecule has 0 saturated carbocycles. The zero-order chi connectivity index (χ0) is 13.2. The first-order valence-corrected chi connectivity index (χ1v) is 7.24. The molecule has 5 nitrogen and oxygen atoms in total. The Hall–Kier alpha value is -1.40. The van der Waals surface area contributed by atoms with Gasteiger partial charge in [0.05, 0.1) is 10.6 Å². The summed E-state index contributed by atoms with van der Waals surface area (Å²) in [6.45, 7) is 2.61. The summed E-state index contributed by atoms with van der Waals surface area (Å²) >= 11 is 0. The van der Waals surface area contributed by atoms with Crippen LogP contribution in [0.15, 0.2) is 34.3 Å². The molecule has 6 heteroatoms. The molecule has 0 aliphatic carbocycles. The standard InChI is InChI=1S/C12H16N2O3S/c1-10-3-2-4-12(9-10)18(16,17)14-7-5-11(13-15)6-8-14/h2-4,9,15H,5-8H2,1H3. The van der Waals surface area contributed by atoms with Crippen molar-refractivity contribution in [1.29, 1.82) is 0 Å². The number of oxime groups is 1. The van der Waals surface area contributed by atoms with Crippen LogP contribution in [0.2, 0.25) is 0 Å². The highest BCUT2D eigenvalue weighted by atomic mass is 32.2. The summed E-state index contributed by atoms with van der Waals surface area (Å²) in [6.07, 6.45) is 0.975. The molecular weight excluding hydrogens is 252 g/mol. The van der Waals surface area contributed by atoms with E-state index < -0.39 is 10.0 Å². The van der Waals surface area contributed by atoms with Gasteiger partial charge in [0.15, 0.2) is 0 Å². The summed E-state index contributed by atoms with van der Waals surface area (Å²) in [6, 6.07) is 6.89. The molecule has 0 spiro atoms. The van der Waals surface area contributed by atoms with E-state index in [0.29, 0.717) is 36.5 Å². The van der Waals surface area contributed by atoms with E-state index in [1.807, 2.05) is 13.0 Å². The molecule has 1 saturated heterocycles. The molecule has 1 aromatic carbocycles. The molecule has 1 aliphatic heterocycles. The minimum atomic E-state index is -3.42. The lowest BCUT2D eigenvalue weighted by Crippen LogP contribution is -2.38. The van der Waals surface area contributed by atoms with Crippen LogP contribution in [0.5, 0.6) is 0 Å². The van der Waals surface area contributed by atoms with Crippen LogP contribution in [-0.4, -0.2) is 36.7 Å². The van der Waals surface area contributed by atoms with E-state index in [2.05, 4.69) is 5.16 Å². The number of nitrogens with zero attached hydrogens (tertiary/aromatic N) is 2. The molecule has 2 rings (SSSR count). The topological polar surface area (TPSA) is 70.0 Å². The second-order valence-electron chi connectivity index (χ2n) is 4.39. The SMILES string of the molecule is Cc1cccc(S(=O)(=O)N2CCC(=NO)CC2)c1. The van der Waals surface area contributed by atoms with Gasteiger partial charge in [-0.05, 0) is 24.6 Å². The maximum absolute atomic E-state index is 12.4. The quantitative estimate of drug-likeness (QED) is 0.654. The van der Waals surface area contributed by atoms with Gasteiger partial charge in [-0.2, -0.15) is 4.31 Å². The largest absolute Gasteiger partial charge is 0.411 e. The molecule has 0 atom stereocenters. The first-order chi connectivity index (χ1) is 8.54. The van der Waals surface area contributed by atoms with Gasteiger partial charge >= 0.3 is 0 Å². The molecule has 1 fully saturated rings. The Morgan fingerprint density at radius 3 is 2.50 bits per heavy atom. The van der Waals surface area contributed by atoms with Gasteiger partial charge in [-0.25, -0.2) is 8.42 Å². The number of benzene rings is 1. The Morgan fingerprint density at radius 2 is 1.94 bits per heavy atom. The van der Waals surface area contributed by atoms with E-state index in [0.717, 1.165) is 5.56 Å². The van der Waals surface area contributed by atoms with Crippen LogP contribution >= 0.6 is 0 Å². The normalized spacial score (nSPS) is 17.7. The monoisotopic (exact) mass is 268 g/mol. The van der Waals surface area contributed by atoms with Gasteiger partial charge in [0.2, 0.25) is 10.0 Å². The van der Waals surface area contributed by atoms with Crippen LogP contribution in [0.25, 0.3) is 0 Å². The summed E-state index contributed by atoms with van der Waals surface area (Å²) in [5.41, 5.74) is 1.58. The average molecular weight is 268 g/mol. The highest BCUT2D eigenvalue weighted by Crippen LogP contribution is 2.20.